The Balaban J connectivity index is 0.00000162. The van der Waals surface area contributed by atoms with E-state index in [1.807, 2.05) is 31.2 Å². The van der Waals surface area contributed by atoms with Crippen molar-refractivity contribution in [2.75, 3.05) is 6.54 Å². The van der Waals surface area contributed by atoms with Crippen LogP contribution in [0, 0.1) is 12.8 Å². The standard InChI is InChI=1S/C14H20N2O.ClH/c1-10-2-4-11(5-3-10)8-14(17)16-9-13(15)12-6-7-12;/h2-5,12-13H,6-9,15H2,1H3,(H,16,17);1H. The van der Waals surface area contributed by atoms with Gasteiger partial charge in [0.2, 0.25) is 5.91 Å². The van der Waals surface area contributed by atoms with Gasteiger partial charge in [0.1, 0.15) is 0 Å². The summed E-state index contributed by atoms with van der Waals surface area (Å²) in [5.74, 6) is 0.694. The number of benzene rings is 1. The average molecular weight is 269 g/mol. The molecule has 100 valence electrons. The van der Waals surface area contributed by atoms with E-state index in [0.717, 1.165) is 5.56 Å². The molecule has 3 N–H and O–H groups in total. The second-order valence-electron chi connectivity index (χ2n) is 4.97. The summed E-state index contributed by atoms with van der Waals surface area (Å²) in [5.41, 5.74) is 8.19. The van der Waals surface area contributed by atoms with Gasteiger partial charge in [-0.2, -0.15) is 0 Å². The van der Waals surface area contributed by atoms with E-state index in [-0.39, 0.29) is 24.4 Å². The molecule has 3 nitrogen and oxygen atoms in total. The highest BCUT2D eigenvalue weighted by atomic mass is 35.5. The van der Waals surface area contributed by atoms with E-state index >= 15 is 0 Å². The van der Waals surface area contributed by atoms with Gasteiger partial charge in [-0.05, 0) is 31.2 Å². The summed E-state index contributed by atoms with van der Waals surface area (Å²) in [5, 5.41) is 2.90. The van der Waals surface area contributed by atoms with Crippen LogP contribution < -0.4 is 11.1 Å². The van der Waals surface area contributed by atoms with E-state index in [1.165, 1.54) is 18.4 Å². The molecule has 0 aliphatic heterocycles. The van der Waals surface area contributed by atoms with E-state index in [9.17, 15) is 4.79 Å². The minimum absolute atomic E-state index is 0. The first kappa shape index (κ1) is 15.0. The Bertz CT molecular complexity index is 387. The summed E-state index contributed by atoms with van der Waals surface area (Å²) >= 11 is 0. The average Bonchev–Trinajstić information content (AvgIpc) is 3.13. The summed E-state index contributed by atoms with van der Waals surface area (Å²) < 4.78 is 0. The third-order valence-corrected chi connectivity index (χ3v) is 3.25. The number of hydrogen-bond acceptors (Lipinski definition) is 2. The molecular weight excluding hydrogens is 248 g/mol. The van der Waals surface area contributed by atoms with Gasteiger partial charge in [-0.25, -0.2) is 0 Å². The lowest BCUT2D eigenvalue weighted by atomic mass is 10.1. The van der Waals surface area contributed by atoms with Crippen LogP contribution in [0.4, 0.5) is 0 Å². The van der Waals surface area contributed by atoms with Crippen molar-refractivity contribution in [3.05, 3.63) is 35.4 Å². The third kappa shape index (κ3) is 4.67. The first-order chi connectivity index (χ1) is 8.15. The normalized spacial score (nSPS) is 15.7. The number of nitrogens with two attached hydrogens (primary N) is 1. The zero-order valence-electron chi connectivity index (χ0n) is 10.7. The molecule has 1 aliphatic rings. The van der Waals surface area contributed by atoms with Crippen LogP contribution in [0.2, 0.25) is 0 Å². The molecule has 4 heteroatoms. The molecule has 1 aliphatic carbocycles. The molecule has 1 unspecified atom stereocenters. The number of aryl methyl sites for hydroxylation is 1. The number of carbonyl (C=O) groups is 1. The maximum atomic E-state index is 11.7. The van der Waals surface area contributed by atoms with Crippen LogP contribution in [0.15, 0.2) is 24.3 Å². The fraction of sp³-hybridized carbons (Fsp3) is 0.500. The highest BCUT2D eigenvalue weighted by Crippen LogP contribution is 2.31. The van der Waals surface area contributed by atoms with E-state index in [2.05, 4.69) is 5.32 Å². The van der Waals surface area contributed by atoms with Crippen LogP contribution in [0.25, 0.3) is 0 Å². The predicted molar refractivity (Wildman–Crippen MR) is 75.8 cm³/mol. The van der Waals surface area contributed by atoms with Crippen molar-refractivity contribution in [2.45, 2.75) is 32.2 Å². The Morgan fingerprint density at radius 3 is 2.56 bits per heavy atom. The largest absolute Gasteiger partial charge is 0.354 e. The highest BCUT2D eigenvalue weighted by Gasteiger charge is 2.28. The molecule has 0 bridgehead atoms. The predicted octanol–water partition coefficient (Wildman–Crippen LogP) is 1.81. The third-order valence-electron chi connectivity index (χ3n) is 3.25. The zero-order valence-corrected chi connectivity index (χ0v) is 11.5. The van der Waals surface area contributed by atoms with Crippen LogP contribution in [-0.2, 0) is 11.2 Å². The van der Waals surface area contributed by atoms with Crippen molar-refractivity contribution in [1.29, 1.82) is 0 Å². The zero-order chi connectivity index (χ0) is 12.3. The topological polar surface area (TPSA) is 55.1 Å². The monoisotopic (exact) mass is 268 g/mol. The molecule has 1 amide bonds. The van der Waals surface area contributed by atoms with Gasteiger partial charge in [0.05, 0.1) is 6.42 Å². The molecule has 1 aromatic carbocycles. The first-order valence-electron chi connectivity index (χ1n) is 6.23. The summed E-state index contributed by atoms with van der Waals surface area (Å²) in [6.45, 7) is 2.65. The van der Waals surface area contributed by atoms with Crippen molar-refractivity contribution >= 4 is 18.3 Å². The molecule has 1 aromatic rings. The van der Waals surface area contributed by atoms with Gasteiger partial charge < -0.3 is 11.1 Å². The van der Waals surface area contributed by atoms with Gasteiger partial charge in [0.15, 0.2) is 0 Å². The van der Waals surface area contributed by atoms with E-state index < -0.39 is 0 Å². The minimum Gasteiger partial charge on any atom is -0.354 e. The number of nitrogens with one attached hydrogen (secondary N) is 1. The van der Waals surface area contributed by atoms with E-state index in [0.29, 0.717) is 18.9 Å². The van der Waals surface area contributed by atoms with Crippen molar-refractivity contribution in [2.24, 2.45) is 11.7 Å². The van der Waals surface area contributed by atoms with Crippen LogP contribution in [0.1, 0.15) is 24.0 Å². The lowest BCUT2D eigenvalue weighted by Gasteiger charge is -2.11. The van der Waals surface area contributed by atoms with Crippen LogP contribution >= 0.6 is 12.4 Å². The van der Waals surface area contributed by atoms with Gasteiger partial charge in [-0.3, -0.25) is 4.79 Å². The molecule has 1 fully saturated rings. The molecule has 0 radical (unpaired) electrons. The summed E-state index contributed by atoms with van der Waals surface area (Å²) in [6.07, 6.45) is 2.88. The lowest BCUT2D eigenvalue weighted by Crippen LogP contribution is -2.39. The fourth-order valence-electron chi connectivity index (χ4n) is 1.88. The van der Waals surface area contributed by atoms with Crippen LogP contribution in [-0.4, -0.2) is 18.5 Å². The number of hydrogen-bond donors (Lipinski definition) is 2. The number of halogens is 1. The van der Waals surface area contributed by atoms with Gasteiger partial charge in [-0.15, -0.1) is 12.4 Å². The van der Waals surface area contributed by atoms with E-state index in [4.69, 9.17) is 5.73 Å². The van der Waals surface area contributed by atoms with Gasteiger partial charge in [-0.1, -0.05) is 29.8 Å². The highest BCUT2D eigenvalue weighted by molar-refractivity contribution is 5.85. The molecule has 0 heterocycles. The molecular formula is C14H21ClN2O. The van der Waals surface area contributed by atoms with Crippen LogP contribution in [0.5, 0.6) is 0 Å². The molecule has 1 saturated carbocycles. The molecule has 0 aromatic heterocycles. The number of rotatable bonds is 5. The van der Waals surface area contributed by atoms with Crippen LogP contribution in [0.3, 0.4) is 0 Å². The summed E-state index contributed by atoms with van der Waals surface area (Å²) in [4.78, 5) is 11.7. The Kier molecular flexibility index (Phi) is 5.63. The summed E-state index contributed by atoms with van der Waals surface area (Å²) in [7, 11) is 0. The Morgan fingerprint density at radius 1 is 1.39 bits per heavy atom. The van der Waals surface area contributed by atoms with Gasteiger partial charge >= 0.3 is 0 Å². The number of carbonyl (C=O) groups excluding carboxylic acids is 1. The maximum absolute atomic E-state index is 11.7. The minimum atomic E-state index is 0. The second-order valence-corrected chi connectivity index (χ2v) is 4.97. The molecule has 0 spiro atoms. The first-order valence-corrected chi connectivity index (χ1v) is 6.23. The van der Waals surface area contributed by atoms with E-state index in [1.54, 1.807) is 0 Å². The smallest absolute Gasteiger partial charge is 0.224 e. The quantitative estimate of drug-likeness (QED) is 0.856. The maximum Gasteiger partial charge on any atom is 0.224 e. The molecule has 2 rings (SSSR count). The van der Waals surface area contributed by atoms with Crippen molar-refractivity contribution < 1.29 is 4.79 Å². The van der Waals surface area contributed by atoms with Gasteiger partial charge in [0, 0.05) is 12.6 Å². The van der Waals surface area contributed by atoms with Crippen molar-refractivity contribution in [1.82, 2.24) is 5.32 Å². The number of amides is 1. The fourth-order valence-corrected chi connectivity index (χ4v) is 1.88. The molecule has 1 atom stereocenters. The second kappa shape index (κ2) is 6.76. The summed E-state index contributed by atoms with van der Waals surface area (Å²) in [6, 6.07) is 8.18. The molecule has 0 saturated heterocycles. The lowest BCUT2D eigenvalue weighted by molar-refractivity contribution is -0.120. The van der Waals surface area contributed by atoms with Gasteiger partial charge in [0.25, 0.3) is 0 Å². The Morgan fingerprint density at radius 2 is 2.00 bits per heavy atom. The Hall–Kier alpha value is -1.06. The molecule has 18 heavy (non-hydrogen) atoms. The Labute approximate surface area is 115 Å². The van der Waals surface area contributed by atoms with Crippen molar-refractivity contribution in [3.63, 3.8) is 0 Å². The SMILES string of the molecule is Cc1ccc(CC(=O)NCC(N)C2CC2)cc1.Cl. The van der Waals surface area contributed by atoms with Crippen molar-refractivity contribution in [3.8, 4) is 0 Å².